The first-order valence-corrected chi connectivity index (χ1v) is 4.39. The number of anilines is 1. The summed E-state index contributed by atoms with van der Waals surface area (Å²) in [7, 11) is 1.54. The van der Waals surface area contributed by atoms with Gasteiger partial charge in [0.1, 0.15) is 17.3 Å². The Hall–Kier alpha value is -2.17. The van der Waals surface area contributed by atoms with Crippen molar-refractivity contribution in [3.63, 3.8) is 0 Å². The maximum atomic E-state index is 9.72. The van der Waals surface area contributed by atoms with E-state index >= 15 is 0 Å². The fourth-order valence-corrected chi connectivity index (χ4v) is 1.43. The lowest BCUT2D eigenvalue weighted by Gasteiger charge is -2.07. The lowest BCUT2D eigenvalue weighted by atomic mass is 10.1. The molecule has 5 nitrogen and oxygen atoms in total. The van der Waals surface area contributed by atoms with Gasteiger partial charge in [-0.25, -0.2) is 0 Å². The monoisotopic (exact) mass is 205 g/mol. The van der Waals surface area contributed by atoms with Crippen LogP contribution in [-0.2, 0) is 0 Å². The van der Waals surface area contributed by atoms with Crippen molar-refractivity contribution >= 4 is 5.82 Å². The van der Waals surface area contributed by atoms with Gasteiger partial charge in [0.05, 0.1) is 18.4 Å². The van der Waals surface area contributed by atoms with Gasteiger partial charge in [-0.15, -0.1) is 0 Å². The standard InChI is InChI=1S/C10H11N3O2/c1-15-8-4-2-3-7(14)10(8)6-5-9(11)13-12-6/h2-5,14H,1H3,(H3,11,12,13). The summed E-state index contributed by atoms with van der Waals surface area (Å²) in [6.07, 6.45) is 0. The third kappa shape index (κ3) is 1.59. The van der Waals surface area contributed by atoms with Gasteiger partial charge in [-0.2, -0.15) is 5.10 Å². The molecule has 0 aliphatic carbocycles. The molecule has 78 valence electrons. The number of methoxy groups -OCH3 is 1. The fraction of sp³-hybridized carbons (Fsp3) is 0.100. The molecule has 2 aromatic rings. The van der Waals surface area contributed by atoms with Crippen molar-refractivity contribution in [1.82, 2.24) is 10.2 Å². The molecule has 0 saturated heterocycles. The summed E-state index contributed by atoms with van der Waals surface area (Å²) < 4.78 is 5.14. The molecule has 0 aliphatic rings. The van der Waals surface area contributed by atoms with Crippen LogP contribution in [0, 0.1) is 0 Å². The van der Waals surface area contributed by atoms with Gasteiger partial charge in [0, 0.05) is 6.07 Å². The SMILES string of the molecule is COc1cccc(O)c1-c1cc(N)n[nH]1. The lowest BCUT2D eigenvalue weighted by molar-refractivity contribution is 0.410. The molecule has 5 heteroatoms. The zero-order valence-corrected chi connectivity index (χ0v) is 8.19. The van der Waals surface area contributed by atoms with Gasteiger partial charge in [-0.3, -0.25) is 5.10 Å². The number of phenols is 1. The summed E-state index contributed by atoms with van der Waals surface area (Å²) in [6.45, 7) is 0. The van der Waals surface area contributed by atoms with Crippen molar-refractivity contribution in [1.29, 1.82) is 0 Å². The van der Waals surface area contributed by atoms with Crippen molar-refractivity contribution < 1.29 is 9.84 Å². The molecule has 1 aromatic heterocycles. The highest BCUT2D eigenvalue weighted by Gasteiger charge is 2.12. The molecule has 0 fully saturated rings. The normalized spacial score (nSPS) is 10.2. The number of hydrogen-bond acceptors (Lipinski definition) is 4. The minimum Gasteiger partial charge on any atom is -0.507 e. The Balaban J connectivity index is 2.60. The van der Waals surface area contributed by atoms with Crippen LogP contribution in [0.3, 0.4) is 0 Å². The Labute approximate surface area is 86.5 Å². The minimum atomic E-state index is 0.123. The van der Waals surface area contributed by atoms with Crippen LogP contribution in [0.15, 0.2) is 24.3 Å². The number of aromatic amines is 1. The first-order valence-electron chi connectivity index (χ1n) is 4.39. The topological polar surface area (TPSA) is 84.2 Å². The molecule has 15 heavy (non-hydrogen) atoms. The maximum Gasteiger partial charge on any atom is 0.145 e. The molecule has 0 unspecified atom stereocenters. The van der Waals surface area contributed by atoms with Crippen molar-refractivity contribution in [3.05, 3.63) is 24.3 Å². The smallest absolute Gasteiger partial charge is 0.145 e. The molecule has 1 aromatic carbocycles. The number of aromatic nitrogens is 2. The largest absolute Gasteiger partial charge is 0.507 e. The predicted molar refractivity (Wildman–Crippen MR) is 56.7 cm³/mol. The molecule has 0 amide bonds. The van der Waals surface area contributed by atoms with Crippen molar-refractivity contribution in [2.45, 2.75) is 0 Å². The van der Waals surface area contributed by atoms with Crippen LogP contribution in [0.4, 0.5) is 5.82 Å². The van der Waals surface area contributed by atoms with Gasteiger partial charge < -0.3 is 15.6 Å². The van der Waals surface area contributed by atoms with E-state index in [-0.39, 0.29) is 5.75 Å². The number of H-pyrrole nitrogens is 1. The second-order valence-corrected chi connectivity index (χ2v) is 3.06. The molecule has 0 saturated carbocycles. The second kappa shape index (κ2) is 3.53. The molecule has 4 N–H and O–H groups in total. The van der Waals surface area contributed by atoms with Gasteiger partial charge in [-0.1, -0.05) is 6.07 Å². The van der Waals surface area contributed by atoms with Crippen LogP contribution in [0.5, 0.6) is 11.5 Å². The van der Waals surface area contributed by atoms with Crippen molar-refractivity contribution in [3.8, 4) is 22.8 Å². The lowest BCUT2D eigenvalue weighted by Crippen LogP contribution is -1.88. The summed E-state index contributed by atoms with van der Waals surface area (Å²) in [6, 6.07) is 6.68. The van der Waals surface area contributed by atoms with E-state index in [1.165, 1.54) is 7.11 Å². The third-order valence-corrected chi connectivity index (χ3v) is 2.09. The fourth-order valence-electron chi connectivity index (χ4n) is 1.43. The third-order valence-electron chi connectivity index (χ3n) is 2.09. The number of nitrogens with two attached hydrogens (primary N) is 1. The van der Waals surface area contributed by atoms with Crippen molar-refractivity contribution in [2.24, 2.45) is 0 Å². The number of benzene rings is 1. The van der Waals surface area contributed by atoms with Gasteiger partial charge in [0.25, 0.3) is 0 Å². The molecular formula is C10H11N3O2. The number of nitrogens with one attached hydrogen (secondary N) is 1. The van der Waals surface area contributed by atoms with Crippen molar-refractivity contribution in [2.75, 3.05) is 12.8 Å². The molecule has 0 spiro atoms. The first kappa shape index (κ1) is 9.39. The number of aromatic hydroxyl groups is 1. The van der Waals surface area contributed by atoms with E-state index in [0.717, 1.165) is 0 Å². The van der Waals surface area contributed by atoms with Gasteiger partial charge in [-0.05, 0) is 12.1 Å². The molecule has 0 aliphatic heterocycles. The zero-order chi connectivity index (χ0) is 10.8. The van der Waals surface area contributed by atoms with Gasteiger partial charge in [0.2, 0.25) is 0 Å². The zero-order valence-electron chi connectivity index (χ0n) is 8.19. The Kier molecular flexibility index (Phi) is 2.21. The quantitative estimate of drug-likeness (QED) is 0.691. The second-order valence-electron chi connectivity index (χ2n) is 3.06. The molecule has 0 bridgehead atoms. The Morgan fingerprint density at radius 3 is 2.87 bits per heavy atom. The van der Waals surface area contributed by atoms with E-state index in [1.807, 2.05) is 0 Å². The molecule has 1 heterocycles. The van der Waals surface area contributed by atoms with E-state index in [4.69, 9.17) is 10.5 Å². The number of rotatable bonds is 2. The molecule has 0 radical (unpaired) electrons. The summed E-state index contributed by atoms with van der Waals surface area (Å²) in [5.41, 5.74) is 6.68. The Morgan fingerprint density at radius 2 is 2.27 bits per heavy atom. The average molecular weight is 205 g/mol. The van der Waals surface area contributed by atoms with Crippen LogP contribution in [0.25, 0.3) is 11.3 Å². The van der Waals surface area contributed by atoms with E-state index < -0.39 is 0 Å². The van der Waals surface area contributed by atoms with Crippen LogP contribution in [-0.4, -0.2) is 22.4 Å². The summed E-state index contributed by atoms with van der Waals surface area (Å²) in [4.78, 5) is 0. The number of nitrogen functional groups attached to an aromatic ring is 1. The number of ether oxygens (including phenoxy) is 1. The highest BCUT2D eigenvalue weighted by Crippen LogP contribution is 2.36. The molecule has 2 rings (SSSR count). The number of nitrogens with zero attached hydrogens (tertiary/aromatic N) is 1. The van der Waals surface area contributed by atoms with Crippen LogP contribution >= 0.6 is 0 Å². The highest BCUT2D eigenvalue weighted by molar-refractivity contribution is 5.75. The first-order chi connectivity index (χ1) is 7.22. The Morgan fingerprint density at radius 1 is 1.47 bits per heavy atom. The van der Waals surface area contributed by atoms with Crippen LogP contribution in [0.1, 0.15) is 0 Å². The molecular weight excluding hydrogens is 194 g/mol. The van der Waals surface area contributed by atoms with E-state index in [9.17, 15) is 5.11 Å². The van der Waals surface area contributed by atoms with Crippen LogP contribution in [0.2, 0.25) is 0 Å². The van der Waals surface area contributed by atoms with Gasteiger partial charge >= 0.3 is 0 Å². The summed E-state index contributed by atoms with van der Waals surface area (Å²) >= 11 is 0. The number of phenolic OH excluding ortho intramolecular Hbond substituents is 1. The average Bonchev–Trinajstić information content (AvgIpc) is 2.64. The van der Waals surface area contributed by atoms with E-state index in [1.54, 1.807) is 24.3 Å². The van der Waals surface area contributed by atoms with E-state index in [2.05, 4.69) is 10.2 Å². The Bertz CT molecular complexity index is 479. The predicted octanol–water partition coefficient (Wildman–Crippen LogP) is 1.37. The van der Waals surface area contributed by atoms with Crippen LogP contribution < -0.4 is 10.5 Å². The summed E-state index contributed by atoms with van der Waals surface area (Å²) in [5.74, 6) is 1.06. The minimum absolute atomic E-state index is 0.123. The molecule has 0 atom stereocenters. The maximum absolute atomic E-state index is 9.72. The van der Waals surface area contributed by atoms with Gasteiger partial charge in [0.15, 0.2) is 0 Å². The summed E-state index contributed by atoms with van der Waals surface area (Å²) in [5, 5.41) is 16.2. The van der Waals surface area contributed by atoms with E-state index in [0.29, 0.717) is 22.8 Å². The number of hydrogen-bond donors (Lipinski definition) is 3. The highest BCUT2D eigenvalue weighted by atomic mass is 16.5.